The average Bonchev–Trinajstić information content (AvgIpc) is 2.30. The average molecular weight is 237 g/mol. The topological polar surface area (TPSA) is 61.5 Å². The highest BCUT2D eigenvalue weighted by Crippen LogP contribution is 2.19. The fourth-order valence-corrected chi connectivity index (χ4v) is 1.48. The molecule has 0 radical (unpaired) electrons. The summed E-state index contributed by atoms with van der Waals surface area (Å²) in [4.78, 5) is 11.9. The van der Waals surface area contributed by atoms with Crippen molar-refractivity contribution >= 4 is 5.97 Å². The number of carbonyl (C=O) groups is 1. The SMILES string of the molecule is COCC(C)OC(=O)C(C)(N)c1ccccc1. The standard InChI is InChI=1S/C13H19NO3/c1-10(9-16-3)17-12(15)13(2,14)11-7-5-4-6-8-11/h4-8,10H,9,14H2,1-3H3. The van der Waals surface area contributed by atoms with Crippen LogP contribution in [0.5, 0.6) is 0 Å². The molecule has 1 aromatic rings. The summed E-state index contributed by atoms with van der Waals surface area (Å²) in [6.45, 7) is 3.77. The van der Waals surface area contributed by atoms with Gasteiger partial charge in [0.2, 0.25) is 0 Å². The third kappa shape index (κ3) is 3.54. The van der Waals surface area contributed by atoms with E-state index in [1.807, 2.05) is 30.3 Å². The molecule has 17 heavy (non-hydrogen) atoms. The lowest BCUT2D eigenvalue weighted by Crippen LogP contribution is -2.44. The largest absolute Gasteiger partial charge is 0.459 e. The van der Waals surface area contributed by atoms with Crippen LogP contribution in [0.2, 0.25) is 0 Å². The van der Waals surface area contributed by atoms with Gasteiger partial charge in [0.05, 0.1) is 6.61 Å². The molecular formula is C13H19NO3. The van der Waals surface area contributed by atoms with Crippen LogP contribution >= 0.6 is 0 Å². The van der Waals surface area contributed by atoms with Gasteiger partial charge in [-0.05, 0) is 19.4 Å². The van der Waals surface area contributed by atoms with Crippen molar-refractivity contribution < 1.29 is 14.3 Å². The van der Waals surface area contributed by atoms with Gasteiger partial charge < -0.3 is 15.2 Å². The summed E-state index contributed by atoms with van der Waals surface area (Å²) < 4.78 is 10.1. The van der Waals surface area contributed by atoms with Crippen molar-refractivity contribution in [2.75, 3.05) is 13.7 Å². The summed E-state index contributed by atoms with van der Waals surface area (Å²) in [7, 11) is 1.56. The predicted octanol–water partition coefficient (Wildman–Crippen LogP) is 1.44. The lowest BCUT2D eigenvalue weighted by molar-refractivity contribution is -0.156. The van der Waals surface area contributed by atoms with Crippen molar-refractivity contribution in [3.63, 3.8) is 0 Å². The summed E-state index contributed by atoms with van der Waals surface area (Å²) in [6, 6.07) is 9.17. The van der Waals surface area contributed by atoms with E-state index in [1.54, 1.807) is 21.0 Å². The molecule has 0 aliphatic rings. The molecule has 1 rings (SSSR count). The minimum atomic E-state index is -1.14. The molecule has 94 valence electrons. The Kier molecular flexibility index (Phi) is 4.66. The first-order valence-electron chi connectivity index (χ1n) is 5.53. The number of methoxy groups -OCH3 is 1. The Bertz CT molecular complexity index is 362. The van der Waals surface area contributed by atoms with Crippen molar-refractivity contribution in [1.29, 1.82) is 0 Å². The maximum atomic E-state index is 11.9. The minimum Gasteiger partial charge on any atom is -0.459 e. The number of ether oxygens (including phenoxy) is 2. The number of hydrogen-bond acceptors (Lipinski definition) is 4. The van der Waals surface area contributed by atoms with Gasteiger partial charge in [0.15, 0.2) is 0 Å². The van der Waals surface area contributed by atoms with Gasteiger partial charge in [0, 0.05) is 7.11 Å². The van der Waals surface area contributed by atoms with Gasteiger partial charge in [0.25, 0.3) is 0 Å². The number of rotatable bonds is 5. The van der Waals surface area contributed by atoms with Crippen molar-refractivity contribution in [3.8, 4) is 0 Å². The van der Waals surface area contributed by atoms with Crippen LogP contribution in [0.1, 0.15) is 19.4 Å². The fourth-order valence-electron chi connectivity index (χ4n) is 1.48. The predicted molar refractivity (Wildman–Crippen MR) is 65.4 cm³/mol. The molecule has 0 amide bonds. The lowest BCUT2D eigenvalue weighted by atomic mass is 9.93. The van der Waals surface area contributed by atoms with E-state index in [4.69, 9.17) is 15.2 Å². The van der Waals surface area contributed by atoms with Crippen molar-refractivity contribution in [2.24, 2.45) is 5.73 Å². The molecule has 0 fully saturated rings. The monoisotopic (exact) mass is 237 g/mol. The van der Waals surface area contributed by atoms with E-state index >= 15 is 0 Å². The van der Waals surface area contributed by atoms with E-state index in [9.17, 15) is 4.79 Å². The van der Waals surface area contributed by atoms with Crippen molar-refractivity contribution in [3.05, 3.63) is 35.9 Å². The van der Waals surface area contributed by atoms with Gasteiger partial charge in [-0.15, -0.1) is 0 Å². The van der Waals surface area contributed by atoms with Crippen molar-refractivity contribution in [1.82, 2.24) is 0 Å². The van der Waals surface area contributed by atoms with E-state index < -0.39 is 11.5 Å². The minimum absolute atomic E-state index is 0.306. The zero-order valence-electron chi connectivity index (χ0n) is 10.5. The first-order valence-corrected chi connectivity index (χ1v) is 5.53. The maximum Gasteiger partial charge on any atom is 0.330 e. The first kappa shape index (κ1) is 13.7. The third-order valence-electron chi connectivity index (χ3n) is 2.51. The third-order valence-corrected chi connectivity index (χ3v) is 2.51. The van der Waals surface area contributed by atoms with Crippen LogP contribution in [0, 0.1) is 0 Å². The van der Waals surface area contributed by atoms with Crippen LogP contribution in [-0.2, 0) is 19.8 Å². The smallest absolute Gasteiger partial charge is 0.330 e. The number of hydrogen-bond donors (Lipinski definition) is 1. The van der Waals surface area contributed by atoms with Gasteiger partial charge in [-0.1, -0.05) is 30.3 Å². The fraction of sp³-hybridized carbons (Fsp3) is 0.462. The second-order valence-electron chi connectivity index (χ2n) is 4.24. The van der Waals surface area contributed by atoms with E-state index in [1.165, 1.54) is 0 Å². The first-order chi connectivity index (χ1) is 7.98. The van der Waals surface area contributed by atoms with Crippen molar-refractivity contribution in [2.45, 2.75) is 25.5 Å². The van der Waals surface area contributed by atoms with E-state index in [0.29, 0.717) is 6.61 Å². The molecule has 0 saturated carbocycles. The van der Waals surface area contributed by atoms with Crippen LogP contribution in [0.4, 0.5) is 0 Å². The molecule has 0 spiro atoms. The Labute approximate surface area is 102 Å². The van der Waals surface area contributed by atoms with E-state index in [2.05, 4.69) is 0 Å². The molecule has 2 unspecified atom stereocenters. The Morgan fingerprint density at radius 1 is 1.41 bits per heavy atom. The van der Waals surface area contributed by atoms with Crippen LogP contribution in [0.15, 0.2) is 30.3 Å². The second kappa shape index (κ2) is 5.80. The molecule has 2 N–H and O–H groups in total. The van der Waals surface area contributed by atoms with Crippen LogP contribution in [-0.4, -0.2) is 25.8 Å². The molecule has 2 atom stereocenters. The molecular weight excluding hydrogens is 218 g/mol. The summed E-state index contributed by atoms with van der Waals surface area (Å²) in [5.41, 5.74) is 5.61. The molecule has 0 aliphatic carbocycles. The maximum absolute atomic E-state index is 11.9. The van der Waals surface area contributed by atoms with Crippen LogP contribution in [0.25, 0.3) is 0 Å². The molecule has 4 nitrogen and oxygen atoms in total. The Morgan fingerprint density at radius 3 is 2.53 bits per heavy atom. The highest BCUT2D eigenvalue weighted by Gasteiger charge is 2.33. The highest BCUT2D eigenvalue weighted by molar-refractivity contribution is 5.81. The van der Waals surface area contributed by atoms with Gasteiger partial charge in [0.1, 0.15) is 11.6 Å². The normalized spacial score (nSPS) is 16.0. The summed E-state index contributed by atoms with van der Waals surface area (Å²) in [5, 5.41) is 0. The number of carbonyl (C=O) groups excluding carboxylic acids is 1. The molecule has 0 bridgehead atoms. The number of esters is 1. The van der Waals surface area contributed by atoms with Gasteiger partial charge in [-0.2, -0.15) is 0 Å². The van der Waals surface area contributed by atoms with E-state index in [-0.39, 0.29) is 6.10 Å². The number of benzene rings is 1. The Morgan fingerprint density at radius 2 is 2.00 bits per heavy atom. The molecule has 0 heterocycles. The molecule has 0 aromatic heterocycles. The Balaban J connectivity index is 2.74. The quantitative estimate of drug-likeness (QED) is 0.787. The summed E-state index contributed by atoms with van der Waals surface area (Å²) in [5.74, 6) is -0.451. The Hall–Kier alpha value is -1.39. The lowest BCUT2D eigenvalue weighted by Gasteiger charge is -2.25. The van der Waals surface area contributed by atoms with E-state index in [0.717, 1.165) is 5.56 Å². The highest BCUT2D eigenvalue weighted by atomic mass is 16.6. The summed E-state index contributed by atoms with van der Waals surface area (Å²) in [6.07, 6.45) is -0.306. The molecule has 1 aromatic carbocycles. The van der Waals surface area contributed by atoms with Gasteiger partial charge in [-0.3, -0.25) is 0 Å². The van der Waals surface area contributed by atoms with Crippen LogP contribution in [0.3, 0.4) is 0 Å². The molecule has 0 saturated heterocycles. The summed E-state index contributed by atoms with van der Waals surface area (Å²) >= 11 is 0. The zero-order valence-corrected chi connectivity index (χ0v) is 10.5. The van der Waals surface area contributed by atoms with Gasteiger partial charge in [-0.25, -0.2) is 4.79 Å². The molecule has 0 aliphatic heterocycles. The van der Waals surface area contributed by atoms with Crippen LogP contribution < -0.4 is 5.73 Å². The number of nitrogens with two attached hydrogens (primary N) is 1. The second-order valence-corrected chi connectivity index (χ2v) is 4.24. The molecule has 4 heteroatoms. The zero-order chi connectivity index (χ0) is 12.9. The van der Waals surface area contributed by atoms with Gasteiger partial charge >= 0.3 is 5.97 Å².